The van der Waals surface area contributed by atoms with E-state index in [2.05, 4.69) is 11.8 Å². The lowest BCUT2D eigenvalue weighted by atomic mass is 9.41. The largest absolute Gasteiger partial charge is 0.459 e. The fourth-order valence-corrected chi connectivity index (χ4v) is 11.5. The highest BCUT2D eigenvalue weighted by atomic mass is 16.7. The maximum atomic E-state index is 13.1. The molecule has 3 spiro atoms. The summed E-state index contributed by atoms with van der Waals surface area (Å²) in [5.74, 6) is -1.86. The molecule has 36 heavy (non-hydrogen) atoms. The molecule has 7 bridgehead atoms. The number of nitrogens with zero attached hydrogens (tertiary/aromatic N) is 1. The van der Waals surface area contributed by atoms with Crippen molar-refractivity contribution in [1.29, 1.82) is 0 Å². The molecular formula is C26H39NO9. The van der Waals surface area contributed by atoms with Crippen molar-refractivity contribution in [2.75, 3.05) is 40.7 Å². The first-order chi connectivity index (χ1) is 17.1. The number of likely N-dealkylation sites (tertiary alicyclic amines) is 1. The predicted molar refractivity (Wildman–Crippen MR) is 123 cm³/mol. The van der Waals surface area contributed by atoms with Crippen molar-refractivity contribution in [1.82, 2.24) is 4.90 Å². The quantitative estimate of drug-likeness (QED) is 0.424. The Kier molecular flexibility index (Phi) is 4.85. The van der Waals surface area contributed by atoms with Crippen molar-refractivity contribution in [3.8, 4) is 0 Å². The van der Waals surface area contributed by atoms with Gasteiger partial charge in [0.2, 0.25) is 0 Å². The lowest BCUT2D eigenvalue weighted by Gasteiger charge is -2.71. The molecule has 3 N–H and O–H groups in total. The highest BCUT2D eigenvalue weighted by Gasteiger charge is 2.97. The molecule has 7 rings (SSSR count). The van der Waals surface area contributed by atoms with Crippen LogP contribution in [0.25, 0.3) is 0 Å². The molecule has 10 heteroatoms. The molecule has 0 radical (unpaired) electrons. The molecule has 0 unspecified atom stereocenters. The smallest absolute Gasteiger partial charge is 0.303 e. The number of piperidine rings is 1. The Morgan fingerprint density at radius 3 is 2.61 bits per heavy atom. The van der Waals surface area contributed by atoms with Crippen molar-refractivity contribution in [3.05, 3.63) is 0 Å². The van der Waals surface area contributed by atoms with Gasteiger partial charge in [-0.2, -0.15) is 0 Å². The minimum Gasteiger partial charge on any atom is -0.459 e. The summed E-state index contributed by atoms with van der Waals surface area (Å²) in [7, 11) is 3.30. The van der Waals surface area contributed by atoms with Crippen LogP contribution in [0.15, 0.2) is 0 Å². The molecule has 2 heterocycles. The average molecular weight is 510 g/mol. The molecule has 0 amide bonds. The Bertz CT molecular complexity index is 981. The van der Waals surface area contributed by atoms with Gasteiger partial charge in [-0.1, -0.05) is 6.92 Å². The van der Waals surface area contributed by atoms with E-state index in [1.54, 1.807) is 14.2 Å². The summed E-state index contributed by atoms with van der Waals surface area (Å²) in [5, 5.41) is 37.0. The molecule has 5 saturated carbocycles. The lowest BCUT2D eigenvalue weighted by molar-refractivity contribution is -0.332. The van der Waals surface area contributed by atoms with E-state index in [-0.39, 0.29) is 25.2 Å². The number of methoxy groups -OCH3 is 2. The van der Waals surface area contributed by atoms with Gasteiger partial charge < -0.3 is 39.0 Å². The van der Waals surface area contributed by atoms with E-state index in [1.807, 2.05) is 0 Å². The molecule has 7 fully saturated rings. The third kappa shape index (κ3) is 2.15. The maximum absolute atomic E-state index is 13.1. The van der Waals surface area contributed by atoms with Crippen LogP contribution in [-0.2, 0) is 28.5 Å². The Balaban J connectivity index is 1.60. The number of fused-ring (bicyclic) bond motifs is 1. The number of aliphatic hydroxyl groups excluding tert-OH is 2. The molecule has 13 atom stereocenters. The van der Waals surface area contributed by atoms with E-state index >= 15 is 0 Å². The van der Waals surface area contributed by atoms with Crippen LogP contribution in [0, 0.1) is 28.6 Å². The van der Waals surface area contributed by atoms with Gasteiger partial charge in [-0.05, 0) is 25.8 Å². The van der Waals surface area contributed by atoms with Crippen molar-refractivity contribution in [3.63, 3.8) is 0 Å². The minimum absolute atomic E-state index is 0.0393. The minimum atomic E-state index is -1.47. The second-order valence-electron chi connectivity index (χ2n) is 12.6. The van der Waals surface area contributed by atoms with Gasteiger partial charge in [0.05, 0.1) is 42.0 Å². The highest BCUT2D eigenvalue weighted by molar-refractivity contribution is 5.67. The van der Waals surface area contributed by atoms with Crippen LogP contribution < -0.4 is 0 Å². The average Bonchev–Trinajstić information content (AvgIpc) is 3.36. The molecule has 5 aliphatic carbocycles. The first-order valence-corrected chi connectivity index (χ1v) is 13.4. The van der Waals surface area contributed by atoms with E-state index in [9.17, 15) is 20.1 Å². The molecule has 0 aromatic carbocycles. The maximum Gasteiger partial charge on any atom is 0.303 e. The summed E-state index contributed by atoms with van der Waals surface area (Å²) in [6, 6.07) is -0.463. The standard InChI is InChI=1S/C26H39NO9/c1-5-27-10-22(11-32-3)7-6-16(29)25-19(22)20(36-13(2)28)26(21(25)27)24(34-12-35-26)9-15(33-4)14-8-23(25,31)18(24)17(14)30/h14-21,29-31H,5-12H2,1-4H3/t14-,15+,16+,17+,18+,19-,20+,21+,22+,23+,24-,25-,26-/m1/s1. The summed E-state index contributed by atoms with van der Waals surface area (Å²) in [4.78, 5) is 15.0. The molecule has 7 aliphatic rings. The van der Waals surface area contributed by atoms with E-state index in [0.29, 0.717) is 39.0 Å². The van der Waals surface area contributed by atoms with Gasteiger partial charge >= 0.3 is 5.97 Å². The summed E-state index contributed by atoms with van der Waals surface area (Å²) in [6.07, 6.45) is -1.04. The Labute approximate surface area is 211 Å². The molecule has 0 aromatic rings. The number of carbonyl (C=O) groups is 1. The summed E-state index contributed by atoms with van der Waals surface area (Å²) in [5.41, 5.74) is -5.37. The second kappa shape index (κ2) is 7.21. The van der Waals surface area contributed by atoms with Crippen molar-refractivity contribution < 1.29 is 43.8 Å². The molecule has 2 saturated heterocycles. The van der Waals surface area contributed by atoms with Crippen LogP contribution in [0.3, 0.4) is 0 Å². The van der Waals surface area contributed by atoms with E-state index < -0.39 is 69.8 Å². The molecular weight excluding hydrogens is 470 g/mol. The van der Waals surface area contributed by atoms with Gasteiger partial charge in [-0.15, -0.1) is 0 Å². The second-order valence-corrected chi connectivity index (χ2v) is 12.6. The van der Waals surface area contributed by atoms with Crippen molar-refractivity contribution >= 4 is 5.97 Å². The van der Waals surface area contributed by atoms with Crippen LogP contribution in [0.2, 0.25) is 0 Å². The zero-order valence-electron chi connectivity index (χ0n) is 21.5. The summed E-state index contributed by atoms with van der Waals surface area (Å²) >= 11 is 0. The number of hydrogen-bond donors (Lipinski definition) is 3. The van der Waals surface area contributed by atoms with Gasteiger partial charge in [0.25, 0.3) is 0 Å². The third-order valence-electron chi connectivity index (χ3n) is 11.9. The van der Waals surface area contributed by atoms with E-state index in [0.717, 1.165) is 0 Å². The molecule has 202 valence electrons. The van der Waals surface area contributed by atoms with Crippen LogP contribution in [-0.4, -0.2) is 114 Å². The number of likely N-dealkylation sites (N-methyl/N-ethyl adjacent to an activating group) is 1. The van der Waals surface area contributed by atoms with E-state index in [1.165, 1.54) is 6.92 Å². The van der Waals surface area contributed by atoms with Crippen molar-refractivity contribution in [2.24, 2.45) is 28.6 Å². The van der Waals surface area contributed by atoms with Gasteiger partial charge in [0, 0.05) is 57.3 Å². The van der Waals surface area contributed by atoms with Crippen LogP contribution >= 0.6 is 0 Å². The fraction of sp³-hybridized carbons (Fsp3) is 0.962. The number of carbonyl (C=O) groups excluding carboxylic acids is 1. The van der Waals surface area contributed by atoms with Crippen molar-refractivity contribution in [2.45, 2.75) is 86.8 Å². The highest BCUT2D eigenvalue weighted by Crippen LogP contribution is 2.83. The lowest BCUT2D eigenvalue weighted by Crippen LogP contribution is -2.85. The fourth-order valence-electron chi connectivity index (χ4n) is 11.5. The normalized spacial score (nSPS) is 60.2. The zero-order valence-corrected chi connectivity index (χ0v) is 21.5. The number of rotatable bonds is 5. The Morgan fingerprint density at radius 1 is 1.17 bits per heavy atom. The van der Waals surface area contributed by atoms with Crippen LogP contribution in [0.4, 0.5) is 0 Å². The molecule has 0 aromatic heterocycles. The van der Waals surface area contributed by atoms with Gasteiger partial charge in [0.1, 0.15) is 18.5 Å². The first kappa shape index (κ1) is 24.2. The topological polar surface area (TPSA) is 127 Å². The van der Waals surface area contributed by atoms with Gasteiger partial charge in [-0.3, -0.25) is 9.69 Å². The Morgan fingerprint density at radius 2 is 1.94 bits per heavy atom. The number of esters is 1. The summed E-state index contributed by atoms with van der Waals surface area (Å²) < 4.78 is 31.3. The van der Waals surface area contributed by atoms with Crippen LogP contribution in [0.5, 0.6) is 0 Å². The first-order valence-electron chi connectivity index (χ1n) is 13.4. The number of hydrogen-bond acceptors (Lipinski definition) is 10. The third-order valence-corrected chi connectivity index (χ3v) is 11.9. The number of aliphatic hydroxyl groups is 3. The Hall–Kier alpha value is -0.850. The SMILES string of the molecule is CCN1C[C@]2(COC)CC[C@H](O)[C@]34[C@@H]2[C@H](OC(C)=O)[C@@]2(OCO[C@@]25C[C@H](OC)[C@H]2C[C@]3(O)[C@@H]5[C@H]2O)[C@@H]14. The molecule has 10 nitrogen and oxygen atoms in total. The van der Waals surface area contributed by atoms with Gasteiger partial charge in [0.15, 0.2) is 5.60 Å². The predicted octanol–water partition coefficient (Wildman–Crippen LogP) is -0.332. The summed E-state index contributed by atoms with van der Waals surface area (Å²) in [6.45, 7) is 5.18. The van der Waals surface area contributed by atoms with Gasteiger partial charge in [-0.25, -0.2) is 0 Å². The monoisotopic (exact) mass is 509 g/mol. The number of ether oxygens (including phenoxy) is 5. The van der Waals surface area contributed by atoms with E-state index in [4.69, 9.17) is 23.7 Å². The molecule has 2 aliphatic heterocycles. The van der Waals surface area contributed by atoms with Crippen LogP contribution in [0.1, 0.15) is 39.5 Å². The zero-order chi connectivity index (χ0) is 25.5.